The summed E-state index contributed by atoms with van der Waals surface area (Å²) in [6.07, 6.45) is 2.76. The molecule has 0 radical (unpaired) electrons. The molecule has 0 aromatic carbocycles. The fourth-order valence-corrected chi connectivity index (χ4v) is 1.95. The van der Waals surface area contributed by atoms with Crippen LogP contribution in [0.4, 0.5) is 5.69 Å². The van der Waals surface area contributed by atoms with Crippen molar-refractivity contribution >= 4 is 5.69 Å². The van der Waals surface area contributed by atoms with E-state index < -0.39 is 0 Å². The lowest BCUT2D eigenvalue weighted by atomic mass is 10.1. The summed E-state index contributed by atoms with van der Waals surface area (Å²) in [6, 6.07) is 8.04. The molecule has 4 nitrogen and oxygen atoms in total. The topological polar surface area (TPSA) is 55.3 Å². The Bertz CT molecular complexity index is 518. The number of pyridine rings is 1. The number of hydrogen-bond donors (Lipinski definition) is 1. The van der Waals surface area contributed by atoms with Gasteiger partial charge in [0.15, 0.2) is 0 Å². The van der Waals surface area contributed by atoms with Crippen molar-refractivity contribution in [2.75, 3.05) is 11.9 Å². The third kappa shape index (κ3) is 3.35. The average Bonchev–Trinajstić information content (AvgIpc) is 2.83. The summed E-state index contributed by atoms with van der Waals surface area (Å²) in [5, 5.41) is 0. The molecule has 0 fully saturated rings. The maximum absolute atomic E-state index is 5.96. The van der Waals surface area contributed by atoms with E-state index in [9.17, 15) is 0 Å². The molecular formula is C15H21N3O. The van der Waals surface area contributed by atoms with Gasteiger partial charge >= 0.3 is 0 Å². The highest BCUT2D eigenvalue weighted by atomic mass is 16.3. The summed E-state index contributed by atoms with van der Waals surface area (Å²) in [5.41, 5.74) is 7.95. The molecule has 0 saturated heterocycles. The number of anilines is 1. The first kappa shape index (κ1) is 13.6. The highest BCUT2D eigenvalue weighted by Crippen LogP contribution is 2.18. The molecule has 102 valence electrons. The van der Waals surface area contributed by atoms with Gasteiger partial charge < -0.3 is 15.1 Å². The number of aromatic nitrogens is 1. The molecule has 2 aromatic heterocycles. The van der Waals surface area contributed by atoms with Crippen molar-refractivity contribution in [1.29, 1.82) is 0 Å². The Morgan fingerprint density at radius 2 is 2.11 bits per heavy atom. The average molecular weight is 259 g/mol. The highest BCUT2D eigenvalue weighted by Gasteiger charge is 2.08. The Morgan fingerprint density at radius 1 is 1.32 bits per heavy atom. The van der Waals surface area contributed by atoms with Gasteiger partial charge in [-0.2, -0.15) is 0 Å². The lowest BCUT2D eigenvalue weighted by Crippen LogP contribution is -2.17. The van der Waals surface area contributed by atoms with Crippen molar-refractivity contribution in [2.24, 2.45) is 5.73 Å². The van der Waals surface area contributed by atoms with Crippen molar-refractivity contribution in [3.8, 4) is 0 Å². The minimum Gasteiger partial charge on any atom is -0.464 e. The van der Waals surface area contributed by atoms with E-state index in [1.54, 1.807) is 0 Å². The zero-order valence-corrected chi connectivity index (χ0v) is 11.8. The molecule has 0 bridgehead atoms. The monoisotopic (exact) mass is 259 g/mol. The number of rotatable bonds is 5. The zero-order valence-electron chi connectivity index (χ0n) is 11.8. The van der Waals surface area contributed by atoms with Gasteiger partial charge in [0.2, 0.25) is 0 Å². The lowest BCUT2D eigenvalue weighted by Gasteiger charge is -2.18. The van der Waals surface area contributed by atoms with Gasteiger partial charge in [-0.1, -0.05) is 6.92 Å². The van der Waals surface area contributed by atoms with E-state index in [4.69, 9.17) is 10.2 Å². The van der Waals surface area contributed by atoms with Crippen LogP contribution in [0.1, 0.15) is 36.6 Å². The second-order valence-electron chi connectivity index (χ2n) is 4.82. The van der Waals surface area contributed by atoms with Crippen LogP contribution >= 0.6 is 0 Å². The van der Waals surface area contributed by atoms with Crippen LogP contribution in [0.3, 0.4) is 0 Å². The molecule has 0 amide bonds. The zero-order chi connectivity index (χ0) is 13.8. The summed E-state index contributed by atoms with van der Waals surface area (Å²) < 4.78 is 5.57. The number of nitrogens with two attached hydrogens (primary N) is 1. The number of furan rings is 1. The summed E-state index contributed by atoms with van der Waals surface area (Å²) in [7, 11) is 2.02. The van der Waals surface area contributed by atoms with E-state index in [2.05, 4.69) is 16.8 Å². The van der Waals surface area contributed by atoms with Crippen LogP contribution in [0.25, 0.3) is 0 Å². The molecule has 2 aromatic rings. The quantitative estimate of drug-likeness (QED) is 0.896. The molecule has 2 N–H and O–H groups in total. The van der Waals surface area contributed by atoms with Gasteiger partial charge in [0.1, 0.15) is 11.5 Å². The Labute approximate surface area is 114 Å². The molecule has 19 heavy (non-hydrogen) atoms. The number of nitrogens with zero attached hydrogens (tertiary/aromatic N) is 2. The molecule has 0 unspecified atom stereocenters. The molecule has 2 rings (SSSR count). The van der Waals surface area contributed by atoms with E-state index in [1.807, 2.05) is 44.4 Å². The fraction of sp³-hybridized carbons (Fsp3) is 0.400. The number of hydrogen-bond acceptors (Lipinski definition) is 4. The van der Waals surface area contributed by atoms with Crippen molar-refractivity contribution in [1.82, 2.24) is 4.98 Å². The van der Waals surface area contributed by atoms with E-state index in [0.29, 0.717) is 0 Å². The van der Waals surface area contributed by atoms with E-state index in [-0.39, 0.29) is 6.04 Å². The predicted octanol–water partition coefficient (Wildman–Crippen LogP) is 3.03. The van der Waals surface area contributed by atoms with Crippen molar-refractivity contribution < 1.29 is 4.42 Å². The Kier molecular flexibility index (Phi) is 4.22. The Hall–Kier alpha value is -1.81. The summed E-state index contributed by atoms with van der Waals surface area (Å²) in [4.78, 5) is 6.52. The minimum atomic E-state index is 0.0204. The van der Waals surface area contributed by atoms with E-state index in [1.165, 1.54) is 0 Å². The standard InChI is InChI=1S/C15H21N3O/c1-4-14(16)15-8-6-12(9-17-15)18(3)10-13-7-5-11(2)19-13/h5-9,14H,4,10,16H2,1-3H3/t14-/m0/s1. The van der Waals surface area contributed by atoms with Gasteiger partial charge in [-0.15, -0.1) is 0 Å². The SMILES string of the molecule is CC[C@H](N)c1ccc(N(C)Cc2ccc(C)o2)cn1. The van der Waals surface area contributed by atoms with Gasteiger partial charge in [-0.3, -0.25) is 4.98 Å². The van der Waals surface area contributed by atoms with Crippen molar-refractivity contribution in [3.63, 3.8) is 0 Å². The third-order valence-corrected chi connectivity index (χ3v) is 3.22. The smallest absolute Gasteiger partial charge is 0.123 e. The molecule has 0 saturated carbocycles. The maximum atomic E-state index is 5.96. The Morgan fingerprint density at radius 3 is 2.63 bits per heavy atom. The molecule has 1 atom stereocenters. The van der Waals surface area contributed by atoms with Crippen molar-refractivity contribution in [2.45, 2.75) is 32.9 Å². The van der Waals surface area contributed by atoms with Gasteiger partial charge in [0.05, 0.1) is 24.1 Å². The first-order chi connectivity index (χ1) is 9.10. The lowest BCUT2D eigenvalue weighted by molar-refractivity contribution is 0.481. The van der Waals surface area contributed by atoms with Crippen LogP contribution in [-0.4, -0.2) is 12.0 Å². The second kappa shape index (κ2) is 5.89. The predicted molar refractivity (Wildman–Crippen MR) is 77.0 cm³/mol. The van der Waals surface area contributed by atoms with Gasteiger partial charge in [0.25, 0.3) is 0 Å². The van der Waals surface area contributed by atoms with E-state index in [0.717, 1.165) is 35.9 Å². The molecule has 0 aliphatic rings. The fourth-order valence-electron chi connectivity index (χ4n) is 1.95. The molecule has 0 aliphatic carbocycles. The summed E-state index contributed by atoms with van der Waals surface area (Å²) >= 11 is 0. The molecule has 0 aliphatic heterocycles. The van der Waals surface area contributed by atoms with Crippen molar-refractivity contribution in [3.05, 3.63) is 47.7 Å². The van der Waals surface area contributed by atoms with Gasteiger partial charge in [0, 0.05) is 13.1 Å². The van der Waals surface area contributed by atoms with E-state index >= 15 is 0 Å². The summed E-state index contributed by atoms with van der Waals surface area (Å²) in [6.45, 7) is 4.74. The second-order valence-corrected chi connectivity index (χ2v) is 4.82. The first-order valence-electron chi connectivity index (χ1n) is 6.58. The van der Waals surface area contributed by atoms with Crippen LogP contribution in [0.15, 0.2) is 34.9 Å². The molecule has 4 heteroatoms. The number of aryl methyl sites for hydroxylation is 1. The third-order valence-electron chi connectivity index (χ3n) is 3.22. The normalized spacial score (nSPS) is 12.4. The van der Waals surface area contributed by atoms with Gasteiger partial charge in [-0.05, 0) is 37.6 Å². The summed E-state index contributed by atoms with van der Waals surface area (Å²) in [5.74, 6) is 1.89. The largest absolute Gasteiger partial charge is 0.464 e. The maximum Gasteiger partial charge on any atom is 0.123 e. The highest BCUT2D eigenvalue weighted by molar-refractivity contribution is 5.44. The molecular weight excluding hydrogens is 238 g/mol. The van der Waals surface area contributed by atoms with Crippen LogP contribution in [0, 0.1) is 6.92 Å². The van der Waals surface area contributed by atoms with Gasteiger partial charge in [-0.25, -0.2) is 0 Å². The molecule has 2 heterocycles. The minimum absolute atomic E-state index is 0.0204. The molecule has 0 spiro atoms. The first-order valence-corrected chi connectivity index (χ1v) is 6.58. The van der Waals surface area contributed by atoms with Crippen LogP contribution in [-0.2, 0) is 6.54 Å². The van der Waals surface area contributed by atoms with Crippen LogP contribution in [0.2, 0.25) is 0 Å². The van der Waals surface area contributed by atoms with Crippen LogP contribution < -0.4 is 10.6 Å². The van der Waals surface area contributed by atoms with Crippen LogP contribution in [0.5, 0.6) is 0 Å². The Balaban J connectivity index is 2.05.